The lowest BCUT2D eigenvalue weighted by molar-refractivity contribution is -0.0284. The normalized spacial score (nSPS) is 21.0. The minimum absolute atomic E-state index is 0. The summed E-state index contributed by atoms with van der Waals surface area (Å²) in [5.41, 5.74) is 2.67. The standard InChI is InChI=1S/C23H39N5O2.HI/c1-19(2)16-28-10-13-30-22(18-28)15-26-23(24-3)25-14-20-6-4-5-7-21(20)17-27-8-11-29-12-9-27;/h4-7,19,22H,8-18H2,1-3H3,(H2,24,25,26);1H. The summed E-state index contributed by atoms with van der Waals surface area (Å²) in [5, 5.41) is 6.92. The van der Waals surface area contributed by atoms with E-state index in [0.717, 1.165) is 78.1 Å². The maximum Gasteiger partial charge on any atom is 0.191 e. The van der Waals surface area contributed by atoms with Gasteiger partial charge in [0.2, 0.25) is 0 Å². The molecular weight excluding hydrogens is 505 g/mol. The molecule has 0 amide bonds. The predicted molar refractivity (Wildman–Crippen MR) is 137 cm³/mol. The highest BCUT2D eigenvalue weighted by Gasteiger charge is 2.21. The van der Waals surface area contributed by atoms with Crippen LogP contribution in [0, 0.1) is 5.92 Å². The van der Waals surface area contributed by atoms with Crippen LogP contribution < -0.4 is 10.6 Å². The van der Waals surface area contributed by atoms with Crippen molar-refractivity contribution in [3.05, 3.63) is 35.4 Å². The van der Waals surface area contributed by atoms with Crippen molar-refractivity contribution in [3.63, 3.8) is 0 Å². The van der Waals surface area contributed by atoms with Gasteiger partial charge in [0.05, 0.1) is 25.9 Å². The van der Waals surface area contributed by atoms with E-state index in [1.54, 1.807) is 0 Å². The monoisotopic (exact) mass is 545 g/mol. The average molecular weight is 546 g/mol. The van der Waals surface area contributed by atoms with Crippen molar-refractivity contribution in [2.75, 3.05) is 66.1 Å². The minimum atomic E-state index is 0. The lowest BCUT2D eigenvalue weighted by Crippen LogP contribution is -2.50. The van der Waals surface area contributed by atoms with Gasteiger partial charge >= 0.3 is 0 Å². The molecule has 1 aromatic carbocycles. The zero-order valence-corrected chi connectivity index (χ0v) is 21.6. The maximum absolute atomic E-state index is 5.95. The van der Waals surface area contributed by atoms with Gasteiger partial charge < -0.3 is 20.1 Å². The van der Waals surface area contributed by atoms with E-state index in [1.165, 1.54) is 11.1 Å². The first kappa shape index (κ1) is 26.3. The molecule has 2 N–H and O–H groups in total. The Bertz CT molecular complexity index is 667. The van der Waals surface area contributed by atoms with E-state index in [4.69, 9.17) is 9.47 Å². The molecule has 2 saturated heterocycles. The summed E-state index contributed by atoms with van der Waals surface area (Å²) in [6, 6.07) is 8.65. The van der Waals surface area contributed by atoms with Gasteiger partial charge in [0, 0.05) is 59.4 Å². The first-order chi connectivity index (χ1) is 14.6. The SMILES string of the molecule is CN=C(NCc1ccccc1CN1CCOCC1)NCC1CN(CC(C)C)CCO1.I. The molecule has 7 nitrogen and oxygen atoms in total. The van der Waals surface area contributed by atoms with E-state index in [1.807, 2.05) is 7.05 Å². The van der Waals surface area contributed by atoms with E-state index in [-0.39, 0.29) is 30.1 Å². The van der Waals surface area contributed by atoms with Crippen molar-refractivity contribution in [1.29, 1.82) is 0 Å². The molecule has 2 aliphatic rings. The molecule has 0 saturated carbocycles. The van der Waals surface area contributed by atoms with Crippen LogP contribution in [0.2, 0.25) is 0 Å². The lowest BCUT2D eigenvalue weighted by Gasteiger charge is -2.34. The number of hydrogen-bond donors (Lipinski definition) is 2. The third kappa shape index (κ3) is 9.21. The zero-order chi connectivity index (χ0) is 21.2. The second kappa shape index (κ2) is 14.3. The van der Waals surface area contributed by atoms with Gasteiger partial charge in [-0.3, -0.25) is 14.8 Å². The molecular formula is C23H40IN5O2. The molecule has 1 atom stereocenters. The number of aliphatic imine (C=N–C) groups is 1. The molecule has 0 spiro atoms. The summed E-state index contributed by atoms with van der Waals surface area (Å²) in [4.78, 5) is 9.35. The van der Waals surface area contributed by atoms with Gasteiger partial charge in [-0.1, -0.05) is 38.1 Å². The van der Waals surface area contributed by atoms with E-state index < -0.39 is 0 Å². The molecule has 0 aliphatic carbocycles. The number of hydrogen-bond acceptors (Lipinski definition) is 5. The zero-order valence-electron chi connectivity index (χ0n) is 19.3. The van der Waals surface area contributed by atoms with Gasteiger partial charge in [0.15, 0.2) is 5.96 Å². The van der Waals surface area contributed by atoms with Crippen LogP contribution in [0.5, 0.6) is 0 Å². The van der Waals surface area contributed by atoms with E-state index in [0.29, 0.717) is 5.92 Å². The predicted octanol–water partition coefficient (Wildman–Crippen LogP) is 2.16. The number of rotatable bonds is 8. The van der Waals surface area contributed by atoms with Gasteiger partial charge in [-0.25, -0.2) is 0 Å². The summed E-state index contributed by atoms with van der Waals surface area (Å²) in [7, 11) is 1.82. The molecule has 2 fully saturated rings. The number of ether oxygens (including phenoxy) is 2. The van der Waals surface area contributed by atoms with Crippen LogP contribution in [0.1, 0.15) is 25.0 Å². The fourth-order valence-electron chi connectivity index (χ4n) is 4.08. The Kier molecular flexibility index (Phi) is 12.1. The smallest absolute Gasteiger partial charge is 0.191 e. The summed E-state index contributed by atoms with van der Waals surface area (Å²) in [5.74, 6) is 1.50. The fraction of sp³-hybridized carbons (Fsp3) is 0.696. The number of benzene rings is 1. The van der Waals surface area contributed by atoms with Gasteiger partial charge in [0.1, 0.15) is 0 Å². The Morgan fingerprint density at radius 1 is 1.06 bits per heavy atom. The molecule has 2 aliphatic heterocycles. The molecule has 0 bridgehead atoms. The highest BCUT2D eigenvalue weighted by atomic mass is 127. The maximum atomic E-state index is 5.95. The summed E-state index contributed by atoms with van der Waals surface area (Å²) >= 11 is 0. The Morgan fingerprint density at radius 3 is 2.48 bits per heavy atom. The van der Waals surface area contributed by atoms with Crippen molar-refractivity contribution in [2.45, 2.75) is 33.0 Å². The molecule has 176 valence electrons. The van der Waals surface area contributed by atoms with Crippen LogP contribution in [0.3, 0.4) is 0 Å². The van der Waals surface area contributed by atoms with E-state index in [9.17, 15) is 0 Å². The third-order valence-electron chi connectivity index (χ3n) is 5.63. The Labute approximate surface area is 205 Å². The van der Waals surface area contributed by atoms with Crippen LogP contribution in [0.25, 0.3) is 0 Å². The topological polar surface area (TPSA) is 61.4 Å². The van der Waals surface area contributed by atoms with Crippen LogP contribution >= 0.6 is 24.0 Å². The summed E-state index contributed by atoms with van der Waals surface area (Å²) < 4.78 is 11.4. The second-order valence-corrected chi connectivity index (χ2v) is 8.61. The fourth-order valence-corrected chi connectivity index (χ4v) is 4.08. The van der Waals surface area contributed by atoms with Gasteiger partial charge in [0.25, 0.3) is 0 Å². The van der Waals surface area contributed by atoms with Crippen molar-refractivity contribution in [2.24, 2.45) is 10.9 Å². The van der Waals surface area contributed by atoms with Crippen molar-refractivity contribution >= 4 is 29.9 Å². The minimum Gasteiger partial charge on any atom is -0.379 e. The number of halogens is 1. The van der Waals surface area contributed by atoms with Crippen LogP contribution in [0.15, 0.2) is 29.3 Å². The molecule has 1 aromatic rings. The van der Waals surface area contributed by atoms with Gasteiger partial charge in [-0.2, -0.15) is 0 Å². The number of nitrogens with one attached hydrogen (secondary N) is 2. The molecule has 3 rings (SSSR count). The van der Waals surface area contributed by atoms with Gasteiger partial charge in [-0.05, 0) is 17.0 Å². The molecule has 8 heteroatoms. The first-order valence-electron chi connectivity index (χ1n) is 11.3. The van der Waals surface area contributed by atoms with E-state index >= 15 is 0 Å². The highest BCUT2D eigenvalue weighted by molar-refractivity contribution is 14.0. The van der Waals surface area contributed by atoms with E-state index in [2.05, 4.69) is 63.5 Å². The first-order valence-corrected chi connectivity index (χ1v) is 11.3. The summed E-state index contributed by atoms with van der Waals surface area (Å²) in [6.07, 6.45) is 0.199. The molecule has 1 unspecified atom stereocenters. The second-order valence-electron chi connectivity index (χ2n) is 8.61. The van der Waals surface area contributed by atoms with Crippen molar-refractivity contribution < 1.29 is 9.47 Å². The van der Waals surface area contributed by atoms with Crippen LogP contribution in [-0.4, -0.2) is 88.0 Å². The number of morpholine rings is 2. The quantitative estimate of drug-likeness (QED) is 0.297. The number of guanidine groups is 1. The summed E-state index contributed by atoms with van der Waals surface area (Å²) in [6.45, 7) is 14.6. The van der Waals surface area contributed by atoms with Crippen LogP contribution in [-0.2, 0) is 22.6 Å². The Hall–Kier alpha value is -0.940. The Balaban J connectivity index is 0.00000341. The lowest BCUT2D eigenvalue weighted by atomic mass is 10.1. The average Bonchev–Trinajstić information content (AvgIpc) is 2.75. The molecule has 31 heavy (non-hydrogen) atoms. The Morgan fingerprint density at radius 2 is 1.77 bits per heavy atom. The molecule has 2 heterocycles. The van der Waals surface area contributed by atoms with Crippen molar-refractivity contribution in [3.8, 4) is 0 Å². The van der Waals surface area contributed by atoms with Crippen LogP contribution in [0.4, 0.5) is 0 Å². The highest BCUT2D eigenvalue weighted by Crippen LogP contribution is 2.13. The largest absolute Gasteiger partial charge is 0.379 e. The molecule has 0 aromatic heterocycles. The number of nitrogens with zero attached hydrogens (tertiary/aromatic N) is 3. The molecule has 0 radical (unpaired) electrons. The third-order valence-corrected chi connectivity index (χ3v) is 5.63. The van der Waals surface area contributed by atoms with Gasteiger partial charge in [-0.15, -0.1) is 24.0 Å². The van der Waals surface area contributed by atoms with Crippen molar-refractivity contribution in [1.82, 2.24) is 20.4 Å².